The Hall–Kier alpha value is -3.15. The molecule has 0 saturated carbocycles. The summed E-state index contributed by atoms with van der Waals surface area (Å²) in [5, 5.41) is 0.0963. The van der Waals surface area contributed by atoms with Crippen molar-refractivity contribution in [1.82, 2.24) is 9.97 Å². The average Bonchev–Trinajstić information content (AvgIpc) is 2.69. The fourth-order valence-electron chi connectivity index (χ4n) is 2.42. The first-order valence-electron chi connectivity index (χ1n) is 8.82. The maximum atomic E-state index is 13.1. The Kier molecular flexibility index (Phi) is 7.83. The Morgan fingerprint density at radius 2 is 1.72 bits per heavy atom. The molecule has 1 heterocycles. The monoisotopic (exact) mass is 481 g/mol. The van der Waals surface area contributed by atoms with Crippen LogP contribution in [0.4, 0.5) is 32.0 Å². The molecular weight excluding hydrogens is 466 g/mol. The molecule has 0 bridgehead atoms. The zero-order valence-corrected chi connectivity index (χ0v) is 17.0. The number of rotatable bonds is 6. The van der Waals surface area contributed by atoms with Crippen molar-refractivity contribution in [2.75, 3.05) is 6.61 Å². The van der Waals surface area contributed by atoms with Crippen LogP contribution >= 0.6 is 11.6 Å². The molecule has 0 aliphatic carbocycles. The van der Waals surface area contributed by atoms with Crippen LogP contribution in [0.2, 0.25) is 5.02 Å². The normalized spacial score (nSPS) is 14.2. The van der Waals surface area contributed by atoms with Crippen LogP contribution in [-0.2, 0) is 15.7 Å². The van der Waals surface area contributed by atoms with E-state index in [4.69, 9.17) is 22.1 Å². The van der Waals surface area contributed by atoms with Gasteiger partial charge in [0.05, 0.1) is 17.2 Å². The maximum Gasteiger partial charge on any atom is 0.430 e. The minimum atomic E-state index is -4.95. The van der Waals surface area contributed by atoms with Gasteiger partial charge >= 0.3 is 18.3 Å². The summed E-state index contributed by atoms with van der Waals surface area (Å²) < 4.78 is 82.5. The van der Waals surface area contributed by atoms with Crippen molar-refractivity contribution in [2.24, 2.45) is 5.73 Å². The fraction of sp³-hybridized carbons (Fsp3) is 0.263. The van der Waals surface area contributed by atoms with E-state index in [1.54, 1.807) is 0 Å². The van der Waals surface area contributed by atoms with Crippen molar-refractivity contribution in [3.63, 3.8) is 0 Å². The first-order valence-corrected chi connectivity index (χ1v) is 9.20. The number of carbonyl (C=O) groups excluding carboxylic acids is 1. The lowest BCUT2D eigenvalue weighted by molar-refractivity contribution is -0.354. The second-order valence-corrected chi connectivity index (χ2v) is 6.63. The van der Waals surface area contributed by atoms with Gasteiger partial charge in [0.25, 0.3) is 0 Å². The predicted octanol–water partition coefficient (Wildman–Crippen LogP) is 3.05. The first-order chi connectivity index (χ1) is 14.8. The van der Waals surface area contributed by atoms with Crippen molar-refractivity contribution in [3.8, 4) is 0 Å². The lowest BCUT2D eigenvalue weighted by atomic mass is 10.0. The summed E-state index contributed by atoms with van der Waals surface area (Å²) in [6.07, 6.45) is -6.91. The van der Waals surface area contributed by atoms with E-state index in [2.05, 4.69) is 15.0 Å². The van der Waals surface area contributed by atoms with Crippen molar-refractivity contribution in [1.29, 1.82) is 0 Å². The van der Waals surface area contributed by atoms with Crippen LogP contribution in [0.3, 0.4) is 0 Å². The Morgan fingerprint density at radius 1 is 1.16 bits per heavy atom. The molecule has 1 aromatic heterocycles. The van der Waals surface area contributed by atoms with Crippen LogP contribution in [0.5, 0.6) is 0 Å². The predicted molar refractivity (Wildman–Crippen MR) is 102 cm³/mol. The van der Waals surface area contributed by atoms with E-state index in [-0.39, 0.29) is 23.1 Å². The van der Waals surface area contributed by atoms with E-state index in [0.29, 0.717) is 6.08 Å². The highest BCUT2D eigenvalue weighted by Gasteiger charge is 2.38. The Morgan fingerprint density at radius 3 is 2.19 bits per heavy atom. The highest BCUT2D eigenvalue weighted by molar-refractivity contribution is 6.30. The summed E-state index contributed by atoms with van der Waals surface area (Å²) in [7, 11) is 0. The van der Waals surface area contributed by atoms with Gasteiger partial charge in [-0.2, -0.15) is 26.3 Å². The van der Waals surface area contributed by atoms with Gasteiger partial charge in [-0.25, -0.2) is 15.0 Å². The second kappa shape index (κ2) is 9.98. The van der Waals surface area contributed by atoms with Gasteiger partial charge < -0.3 is 10.5 Å². The van der Waals surface area contributed by atoms with Crippen molar-refractivity contribution >= 4 is 29.0 Å². The molecule has 1 aromatic carbocycles. The molecule has 0 amide bonds. The van der Waals surface area contributed by atoms with Gasteiger partial charge in [-0.3, -0.25) is 4.79 Å². The molecule has 0 fully saturated rings. The van der Waals surface area contributed by atoms with Crippen molar-refractivity contribution in [3.05, 3.63) is 64.8 Å². The number of nitrogens with one attached hydrogen (secondary N) is 1. The van der Waals surface area contributed by atoms with E-state index in [1.807, 2.05) is 0 Å². The third-order valence-electron chi connectivity index (χ3n) is 3.87. The molecule has 32 heavy (non-hydrogen) atoms. The number of allylic oxidation sites excluding steroid dienone is 2. The molecule has 172 valence electrons. The largest absolute Gasteiger partial charge is 0.465 e. The van der Waals surface area contributed by atoms with Crippen LogP contribution in [0, 0.1) is 0 Å². The lowest BCUT2D eigenvalue weighted by Gasteiger charge is -2.13. The molecule has 2 aromatic rings. The number of hydrogen-bond donors (Lipinski definition) is 2. The quantitative estimate of drug-likeness (QED) is 0.376. The van der Waals surface area contributed by atoms with Gasteiger partial charge in [-0.05, 0) is 19.1 Å². The van der Waals surface area contributed by atoms with Gasteiger partial charge in [0, 0.05) is 30.6 Å². The van der Waals surface area contributed by atoms with Gasteiger partial charge in [-0.15, -0.1) is 0 Å². The number of ether oxygens (including phenoxy) is 1. The summed E-state index contributed by atoms with van der Waals surface area (Å²) in [4.78, 5) is 22.8. The van der Waals surface area contributed by atoms with Crippen LogP contribution in [0.25, 0.3) is 0 Å². The molecular formula is C19H16ClF6N4O2+. The second-order valence-electron chi connectivity index (χ2n) is 6.20. The summed E-state index contributed by atoms with van der Waals surface area (Å²) in [6, 6.07) is 3.39. The highest BCUT2D eigenvalue weighted by Crippen LogP contribution is 2.29. The molecule has 1 atom stereocenters. The summed E-state index contributed by atoms with van der Waals surface area (Å²) in [5.74, 6) is -2.90. The smallest absolute Gasteiger partial charge is 0.430 e. The Bertz CT molecular complexity index is 1000. The fourth-order valence-corrected chi connectivity index (χ4v) is 2.52. The molecule has 2 rings (SSSR count). The zero-order chi connectivity index (χ0) is 24.1. The highest BCUT2D eigenvalue weighted by atomic mass is 35.5. The van der Waals surface area contributed by atoms with Gasteiger partial charge in [0.15, 0.2) is 5.82 Å². The topological polar surface area (TPSA) is 92.1 Å². The van der Waals surface area contributed by atoms with Crippen LogP contribution < -0.4 is 10.7 Å². The number of hydrogen-bond acceptors (Lipinski definition) is 5. The van der Waals surface area contributed by atoms with E-state index in [0.717, 1.165) is 36.7 Å². The van der Waals surface area contributed by atoms with Gasteiger partial charge in [-0.1, -0.05) is 11.6 Å². The molecule has 3 N–H and O–H groups in total. The van der Waals surface area contributed by atoms with Crippen molar-refractivity contribution in [2.45, 2.75) is 25.2 Å². The number of aromatic nitrogens is 2. The van der Waals surface area contributed by atoms with Crippen LogP contribution in [-0.4, -0.2) is 34.4 Å². The van der Waals surface area contributed by atoms with E-state index >= 15 is 0 Å². The minimum absolute atomic E-state index is 0.0533. The van der Waals surface area contributed by atoms with Crippen LogP contribution in [0.1, 0.15) is 24.2 Å². The van der Waals surface area contributed by atoms with Gasteiger partial charge in [0.1, 0.15) is 5.70 Å². The Labute approximate surface area is 182 Å². The minimum Gasteiger partial charge on any atom is -0.465 e. The van der Waals surface area contributed by atoms with Crippen LogP contribution in [0.15, 0.2) is 48.4 Å². The summed E-state index contributed by atoms with van der Waals surface area (Å²) in [6.45, 7) is 1.36. The summed E-state index contributed by atoms with van der Waals surface area (Å²) >= 11 is 5.73. The van der Waals surface area contributed by atoms with E-state index in [9.17, 15) is 31.1 Å². The lowest BCUT2D eigenvalue weighted by Crippen LogP contribution is -2.68. The maximum absolute atomic E-state index is 13.1. The zero-order valence-electron chi connectivity index (χ0n) is 16.3. The molecule has 0 aliphatic rings. The number of nitrogens with two attached hydrogens (primary N) is 1. The van der Waals surface area contributed by atoms with Crippen molar-refractivity contribution < 1.29 is 40.9 Å². The SMILES string of the molecule is CCOC(=O)C(C(/C=C(\N)C(F)(F)F)=[NH+]c1ccc(C(F)(F)F)cc1)c1ncc(Cl)cn1. The van der Waals surface area contributed by atoms with Gasteiger partial charge in [0.2, 0.25) is 17.3 Å². The number of alkyl halides is 6. The number of esters is 1. The molecule has 13 heteroatoms. The molecule has 0 aliphatic heterocycles. The first kappa shape index (κ1) is 25.1. The average molecular weight is 482 g/mol. The number of benzene rings is 1. The third-order valence-corrected chi connectivity index (χ3v) is 4.07. The molecule has 0 saturated heterocycles. The van der Waals surface area contributed by atoms with E-state index < -0.39 is 41.2 Å². The summed E-state index contributed by atoms with van der Waals surface area (Å²) in [5.41, 5.74) is 2.04. The van der Waals surface area contributed by atoms with E-state index in [1.165, 1.54) is 6.92 Å². The number of halogens is 7. The Balaban J connectivity index is 2.67. The molecule has 0 spiro atoms. The standard InChI is InChI=1S/C19H15ClF6N4O2/c1-2-32-17(31)15(16-28-8-11(20)9-29-16)13(7-14(27)19(24,25)26)30-12-5-3-10(4-6-12)18(21,22)23/h3-9,15H,2,27H2,1H3/p+1/b14-7-,30-13?. The molecule has 1 unspecified atom stereocenters. The number of carbonyl (C=O) groups is 1. The number of nitrogens with zero attached hydrogens (tertiary/aromatic N) is 2. The third kappa shape index (κ3) is 6.67. The molecule has 6 nitrogen and oxygen atoms in total. The molecule has 0 radical (unpaired) electrons.